The summed E-state index contributed by atoms with van der Waals surface area (Å²) in [4.78, 5) is 15.4. The number of hydrogen-bond donors (Lipinski definition) is 1. The van der Waals surface area contributed by atoms with E-state index in [0.29, 0.717) is 13.0 Å². The largest absolute Gasteiger partial charge is 0.352 e. The Bertz CT molecular complexity index is 590. The number of rotatable bonds is 7. The molecule has 0 aromatic carbocycles. The summed E-state index contributed by atoms with van der Waals surface area (Å²) in [6, 6.07) is 1.04. The molecule has 1 N–H and O–H groups in total. The summed E-state index contributed by atoms with van der Waals surface area (Å²) in [6.07, 6.45) is 2.70. The molecule has 0 saturated heterocycles. The van der Waals surface area contributed by atoms with Crippen molar-refractivity contribution in [3.05, 3.63) is 28.8 Å². The van der Waals surface area contributed by atoms with Crippen LogP contribution in [-0.2, 0) is 10.0 Å². The van der Waals surface area contributed by atoms with E-state index in [1.807, 2.05) is 0 Å². The van der Waals surface area contributed by atoms with Crippen LogP contribution in [0.5, 0.6) is 0 Å². The van der Waals surface area contributed by atoms with Gasteiger partial charge in [-0.05, 0) is 12.5 Å². The standard InChI is InChI=1S/C12H17ClFN3O3S/c1-3-17(21(2,19)20)8-4-6-16-12(18)10-9(14)5-7-15-11(10)13/h5,7H,3-4,6,8H2,1-2H3,(H,16,18). The monoisotopic (exact) mass is 337 g/mol. The molecule has 0 saturated carbocycles. The summed E-state index contributed by atoms with van der Waals surface area (Å²) in [5.41, 5.74) is -0.311. The molecule has 1 heterocycles. The highest BCUT2D eigenvalue weighted by molar-refractivity contribution is 7.88. The number of amides is 1. The fourth-order valence-electron chi connectivity index (χ4n) is 1.72. The predicted octanol–water partition coefficient (Wildman–Crippen LogP) is 1.28. The summed E-state index contributed by atoms with van der Waals surface area (Å²) in [6.45, 7) is 2.56. The van der Waals surface area contributed by atoms with Crippen LogP contribution in [0.3, 0.4) is 0 Å². The zero-order valence-corrected chi connectivity index (χ0v) is 13.3. The first-order valence-electron chi connectivity index (χ1n) is 6.30. The van der Waals surface area contributed by atoms with Crippen molar-refractivity contribution in [2.45, 2.75) is 13.3 Å². The number of halogens is 2. The minimum absolute atomic E-state index is 0.204. The van der Waals surface area contributed by atoms with Gasteiger partial charge in [0.25, 0.3) is 5.91 Å². The van der Waals surface area contributed by atoms with Gasteiger partial charge in [0, 0.05) is 25.8 Å². The van der Waals surface area contributed by atoms with E-state index in [9.17, 15) is 17.6 Å². The van der Waals surface area contributed by atoms with Crippen molar-refractivity contribution in [3.63, 3.8) is 0 Å². The van der Waals surface area contributed by atoms with E-state index in [1.54, 1.807) is 6.92 Å². The molecule has 0 radical (unpaired) electrons. The van der Waals surface area contributed by atoms with E-state index in [2.05, 4.69) is 10.3 Å². The Morgan fingerprint density at radius 1 is 1.52 bits per heavy atom. The Balaban J connectivity index is 2.52. The van der Waals surface area contributed by atoms with Gasteiger partial charge in [-0.25, -0.2) is 22.1 Å². The first-order chi connectivity index (χ1) is 9.77. The first kappa shape index (κ1) is 17.8. The molecule has 6 nitrogen and oxygen atoms in total. The van der Waals surface area contributed by atoms with E-state index in [-0.39, 0.29) is 23.8 Å². The molecule has 0 spiro atoms. The number of carbonyl (C=O) groups is 1. The van der Waals surface area contributed by atoms with E-state index < -0.39 is 21.7 Å². The van der Waals surface area contributed by atoms with Crippen molar-refractivity contribution in [2.24, 2.45) is 0 Å². The number of nitrogens with one attached hydrogen (secondary N) is 1. The van der Waals surface area contributed by atoms with Crippen molar-refractivity contribution < 1.29 is 17.6 Å². The molecule has 0 fully saturated rings. The minimum Gasteiger partial charge on any atom is -0.352 e. The highest BCUT2D eigenvalue weighted by Crippen LogP contribution is 2.15. The summed E-state index contributed by atoms with van der Waals surface area (Å²) >= 11 is 5.67. The molecule has 0 bridgehead atoms. The number of hydrogen-bond acceptors (Lipinski definition) is 4. The average molecular weight is 338 g/mol. The second-order valence-corrected chi connectivity index (χ2v) is 6.66. The van der Waals surface area contributed by atoms with Gasteiger partial charge in [-0.3, -0.25) is 4.79 Å². The van der Waals surface area contributed by atoms with E-state index in [4.69, 9.17) is 11.6 Å². The van der Waals surface area contributed by atoms with Crippen molar-refractivity contribution in [3.8, 4) is 0 Å². The number of nitrogens with zero attached hydrogens (tertiary/aromatic N) is 2. The minimum atomic E-state index is -3.25. The van der Waals surface area contributed by atoms with Crippen LogP contribution in [0.2, 0.25) is 5.15 Å². The van der Waals surface area contributed by atoms with Crippen molar-refractivity contribution in [1.82, 2.24) is 14.6 Å². The molecular weight excluding hydrogens is 321 g/mol. The summed E-state index contributed by atoms with van der Waals surface area (Å²) in [5, 5.41) is 2.28. The van der Waals surface area contributed by atoms with Gasteiger partial charge >= 0.3 is 0 Å². The van der Waals surface area contributed by atoms with Crippen molar-refractivity contribution in [2.75, 3.05) is 25.9 Å². The topological polar surface area (TPSA) is 79.4 Å². The molecular formula is C12H17ClFN3O3S. The van der Waals surface area contributed by atoms with Crippen molar-refractivity contribution in [1.29, 1.82) is 0 Å². The van der Waals surface area contributed by atoms with E-state index >= 15 is 0 Å². The lowest BCUT2D eigenvalue weighted by Crippen LogP contribution is -2.33. The lowest BCUT2D eigenvalue weighted by Gasteiger charge is -2.17. The molecule has 0 unspecified atom stereocenters. The fourth-order valence-corrected chi connectivity index (χ4v) is 2.88. The molecule has 1 aromatic rings. The maximum atomic E-state index is 13.5. The molecule has 118 valence electrons. The van der Waals surface area contributed by atoms with Crippen LogP contribution in [0, 0.1) is 5.82 Å². The molecule has 0 aliphatic heterocycles. The fraction of sp³-hybridized carbons (Fsp3) is 0.500. The SMILES string of the molecule is CCN(CCCNC(=O)c1c(F)ccnc1Cl)S(C)(=O)=O. The van der Waals surface area contributed by atoms with E-state index in [0.717, 1.165) is 12.3 Å². The van der Waals surface area contributed by atoms with Crippen LogP contribution in [0.25, 0.3) is 0 Å². The molecule has 0 atom stereocenters. The second kappa shape index (κ2) is 7.67. The second-order valence-electron chi connectivity index (χ2n) is 4.32. The third-order valence-corrected chi connectivity index (χ3v) is 4.44. The van der Waals surface area contributed by atoms with Crippen LogP contribution in [0.1, 0.15) is 23.7 Å². The van der Waals surface area contributed by atoms with Gasteiger partial charge in [0.05, 0.1) is 6.26 Å². The summed E-state index contributed by atoms with van der Waals surface area (Å²) < 4.78 is 37.5. The third-order valence-electron chi connectivity index (χ3n) is 2.77. The van der Waals surface area contributed by atoms with Gasteiger partial charge in [-0.1, -0.05) is 18.5 Å². The predicted molar refractivity (Wildman–Crippen MR) is 78.2 cm³/mol. The number of sulfonamides is 1. The Kier molecular flexibility index (Phi) is 6.50. The smallest absolute Gasteiger partial charge is 0.257 e. The van der Waals surface area contributed by atoms with Crippen LogP contribution >= 0.6 is 11.6 Å². The van der Waals surface area contributed by atoms with Gasteiger partial charge in [0.1, 0.15) is 16.5 Å². The maximum absolute atomic E-state index is 13.5. The summed E-state index contributed by atoms with van der Waals surface area (Å²) in [7, 11) is -3.25. The Morgan fingerprint density at radius 2 is 2.19 bits per heavy atom. The molecule has 21 heavy (non-hydrogen) atoms. The average Bonchev–Trinajstić information content (AvgIpc) is 2.36. The Morgan fingerprint density at radius 3 is 2.71 bits per heavy atom. The zero-order valence-electron chi connectivity index (χ0n) is 11.8. The maximum Gasteiger partial charge on any atom is 0.257 e. The highest BCUT2D eigenvalue weighted by atomic mass is 35.5. The highest BCUT2D eigenvalue weighted by Gasteiger charge is 2.17. The third kappa shape index (κ3) is 5.22. The number of aromatic nitrogens is 1. The van der Waals surface area contributed by atoms with Crippen LogP contribution in [0.4, 0.5) is 4.39 Å². The van der Waals surface area contributed by atoms with Crippen LogP contribution < -0.4 is 5.32 Å². The Labute approximate surface area is 128 Å². The van der Waals surface area contributed by atoms with E-state index in [1.165, 1.54) is 10.5 Å². The molecule has 1 aromatic heterocycles. The van der Waals surface area contributed by atoms with Gasteiger partial charge in [-0.15, -0.1) is 0 Å². The van der Waals surface area contributed by atoms with Crippen molar-refractivity contribution >= 4 is 27.5 Å². The molecule has 0 aliphatic carbocycles. The zero-order chi connectivity index (χ0) is 16.0. The molecule has 1 amide bonds. The molecule has 0 aliphatic rings. The number of carbonyl (C=O) groups excluding carboxylic acids is 1. The summed E-state index contributed by atoms with van der Waals surface area (Å²) in [5.74, 6) is -1.42. The first-order valence-corrected chi connectivity index (χ1v) is 8.53. The Hall–Kier alpha value is -1.25. The quantitative estimate of drug-likeness (QED) is 0.600. The normalized spacial score (nSPS) is 11.7. The lowest BCUT2D eigenvalue weighted by molar-refractivity contribution is 0.0948. The van der Waals surface area contributed by atoms with Gasteiger partial charge < -0.3 is 5.32 Å². The molecule has 9 heteroatoms. The van der Waals surface area contributed by atoms with Gasteiger partial charge in [-0.2, -0.15) is 0 Å². The van der Waals surface area contributed by atoms with Gasteiger partial charge in [0.15, 0.2) is 0 Å². The lowest BCUT2D eigenvalue weighted by atomic mass is 10.2. The van der Waals surface area contributed by atoms with Crippen LogP contribution in [-0.4, -0.2) is 49.5 Å². The van der Waals surface area contributed by atoms with Crippen LogP contribution in [0.15, 0.2) is 12.3 Å². The molecule has 1 rings (SSSR count). The van der Waals surface area contributed by atoms with Gasteiger partial charge in [0.2, 0.25) is 10.0 Å². The number of pyridine rings is 1.